The number of nitrogens with zero attached hydrogens (tertiary/aromatic N) is 1. The molecule has 6 nitrogen and oxygen atoms in total. The van der Waals surface area contributed by atoms with Crippen LogP contribution in [-0.2, 0) is 4.79 Å². The lowest BCUT2D eigenvalue weighted by Crippen LogP contribution is -2.42. The number of carbonyl (C=O) groups excluding carboxylic acids is 1. The van der Waals surface area contributed by atoms with E-state index in [0.29, 0.717) is 27.3 Å². The fraction of sp³-hybridized carbons (Fsp3) is 0.125. The molecule has 0 aliphatic heterocycles. The number of halogens is 2. The zero-order valence-corrected chi connectivity index (χ0v) is 20.0. The number of thiocarbonyl (C=S) groups is 1. The summed E-state index contributed by atoms with van der Waals surface area (Å²) in [5.41, 5.74) is 3.90. The first-order chi connectivity index (χ1) is 15.8. The molecule has 2 N–H and O–H groups in total. The van der Waals surface area contributed by atoms with Crippen molar-refractivity contribution in [3.8, 4) is 17.2 Å². The van der Waals surface area contributed by atoms with Crippen LogP contribution in [0.25, 0.3) is 22.6 Å². The summed E-state index contributed by atoms with van der Waals surface area (Å²) < 4.78 is 11.5. The summed E-state index contributed by atoms with van der Waals surface area (Å²) in [6, 6.07) is 18.0. The van der Waals surface area contributed by atoms with Crippen molar-refractivity contribution in [2.24, 2.45) is 0 Å². The van der Waals surface area contributed by atoms with E-state index in [4.69, 9.17) is 44.6 Å². The molecular weight excluding hydrogens is 481 g/mol. The second-order valence-corrected chi connectivity index (χ2v) is 8.49. The first-order valence-electron chi connectivity index (χ1n) is 10.0. The predicted molar refractivity (Wildman–Crippen MR) is 135 cm³/mol. The molecule has 1 heterocycles. The molecule has 0 aliphatic carbocycles. The van der Waals surface area contributed by atoms with Crippen LogP contribution in [0, 0.1) is 6.92 Å². The van der Waals surface area contributed by atoms with Gasteiger partial charge in [0.15, 0.2) is 16.8 Å². The van der Waals surface area contributed by atoms with Gasteiger partial charge in [-0.3, -0.25) is 10.1 Å². The Morgan fingerprint density at radius 2 is 1.91 bits per heavy atom. The highest BCUT2D eigenvalue weighted by Crippen LogP contribution is 2.31. The average molecular weight is 500 g/mol. The molecule has 9 heteroatoms. The monoisotopic (exact) mass is 499 g/mol. The minimum Gasteiger partial charge on any atom is -0.479 e. The van der Waals surface area contributed by atoms with Crippen molar-refractivity contribution in [1.82, 2.24) is 10.3 Å². The lowest BCUT2D eigenvalue weighted by molar-refractivity contribution is -0.125. The zero-order valence-electron chi connectivity index (χ0n) is 17.7. The van der Waals surface area contributed by atoms with E-state index < -0.39 is 12.0 Å². The molecule has 1 amide bonds. The normalized spacial score (nSPS) is 11.8. The molecule has 0 spiro atoms. The molecule has 0 saturated heterocycles. The number of benzene rings is 3. The molecule has 0 fully saturated rings. The lowest BCUT2D eigenvalue weighted by Gasteiger charge is -2.17. The minimum absolute atomic E-state index is 0.135. The van der Waals surface area contributed by atoms with Crippen LogP contribution in [0.15, 0.2) is 65.1 Å². The van der Waals surface area contributed by atoms with Crippen LogP contribution in [0.1, 0.15) is 12.5 Å². The molecular formula is C24H19Cl2N3O3S. The van der Waals surface area contributed by atoms with Crippen molar-refractivity contribution in [3.63, 3.8) is 0 Å². The molecule has 1 aromatic heterocycles. The molecule has 0 radical (unpaired) electrons. The number of aromatic nitrogens is 1. The van der Waals surface area contributed by atoms with Gasteiger partial charge in [-0.2, -0.15) is 0 Å². The van der Waals surface area contributed by atoms with Crippen molar-refractivity contribution in [1.29, 1.82) is 0 Å². The SMILES string of the molecule is Cc1c(NC(=S)NC(=O)C(C)Oc2ccc(Cl)cc2Cl)cccc1-c1nc2ccccc2o1. The summed E-state index contributed by atoms with van der Waals surface area (Å²) >= 11 is 17.3. The first kappa shape index (κ1) is 23.0. The minimum atomic E-state index is -0.837. The fourth-order valence-corrected chi connectivity index (χ4v) is 3.84. The van der Waals surface area contributed by atoms with Gasteiger partial charge in [0.1, 0.15) is 11.3 Å². The quantitative estimate of drug-likeness (QED) is 0.309. The van der Waals surface area contributed by atoms with Crippen molar-refractivity contribution < 1.29 is 13.9 Å². The number of nitrogens with one attached hydrogen (secondary N) is 2. The molecule has 4 rings (SSSR count). The molecule has 1 atom stereocenters. The van der Waals surface area contributed by atoms with Crippen LogP contribution in [0.2, 0.25) is 10.0 Å². The molecule has 1 unspecified atom stereocenters. The summed E-state index contributed by atoms with van der Waals surface area (Å²) in [6.07, 6.45) is -0.837. The van der Waals surface area contributed by atoms with E-state index in [1.807, 2.05) is 49.4 Å². The Kier molecular flexibility index (Phi) is 6.83. The van der Waals surface area contributed by atoms with Gasteiger partial charge in [-0.05, 0) is 74.1 Å². The zero-order chi connectivity index (χ0) is 23.5. The summed E-state index contributed by atoms with van der Waals surface area (Å²) in [5, 5.41) is 6.62. The summed E-state index contributed by atoms with van der Waals surface area (Å²) in [4.78, 5) is 17.1. The number of carbonyl (C=O) groups is 1. The van der Waals surface area contributed by atoms with Crippen LogP contribution < -0.4 is 15.4 Å². The number of amides is 1. The van der Waals surface area contributed by atoms with Crippen LogP contribution in [0.5, 0.6) is 5.75 Å². The lowest BCUT2D eigenvalue weighted by atomic mass is 10.1. The maximum Gasteiger partial charge on any atom is 0.266 e. The van der Waals surface area contributed by atoms with Gasteiger partial charge >= 0.3 is 0 Å². The standard InChI is InChI=1S/C24H19Cl2N3O3S/c1-13-16(23-27-19-7-3-4-9-21(19)32-23)6-5-8-18(13)28-24(33)29-22(30)14(2)31-20-11-10-15(25)12-17(20)26/h3-12,14H,1-2H3,(H2,28,29,30,33). The van der Waals surface area contributed by atoms with Gasteiger partial charge in [0.2, 0.25) is 5.89 Å². The predicted octanol–water partition coefficient (Wildman–Crippen LogP) is 6.39. The average Bonchev–Trinajstić information content (AvgIpc) is 3.21. The topological polar surface area (TPSA) is 76.4 Å². The number of rotatable bonds is 5. The third-order valence-electron chi connectivity index (χ3n) is 4.91. The number of hydrogen-bond donors (Lipinski definition) is 2. The van der Waals surface area contributed by atoms with E-state index in [-0.39, 0.29) is 5.11 Å². The third-order valence-corrected chi connectivity index (χ3v) is 5.64. The van der Waals surface area contributed by atoms with Crippen molar-refractivity contribution in [3.05, 3.63) is 76.3 Å². The highest BCUT2D eigenvalue weighted by Gasteiger charge is 2.19. The third kappa shape index (κ3) is 5.27. The molecule has 3 aromatic carbocycles. The number of ether oxygens (including phenoxy) is 1. The second-order valence-electron chi connectivity index (χ2n) is 7.24. The fourth-order valence-electron chi connectivity index (χ4n) is 3.17. The van der Waals surface area contributed by atoms with E-state index in [9.17, 15) is 4.79 Å². The van der Waals surface area contributed by atoms with Crippen LogP contribution >= 0.6 is 35.4 Å². The first-order valence-corrected chi connectivity index (χ1v) is 11.2. The number of anilines is 1. The highest BCUT2D eigenvalue weighted by molar-refractivity contribution is 7.80. The van der Waals surface area contributed by atoms with Crippen molar-refractivity contribution in [2.45, 2.75) is 20.0 Å². The van der Waals surface area contributed by atoms with Gasteiger partial charge in [0.25, 0.3) is 5.91 Å². The van der Waals surface area contributed by atoms with Gasteiger partial charge in [0, 0.05) is 16.3 Å². The number of hydrogen-bond acceptors (Lipinski definition) is 5. The van der Waals surface area contributed by atoms with Crippen molar-refractivity contribution >= 4 is 63.2 Å². The molecule has 4 aromatic rings. The maximum atomic E-state index is 12.5. The van der Waals surface area contributed by atoms with E-state index in [1.165, 1.54) is 0 Å². The van der Waals surface area contributed by atoms with E-state index in [0.717, 1.165) is 22.3 Å². The number of oxazole rings is 1. The Morgan fingerprint density at radius 3 is 2.67 bits per heavy atom. The summed E-state index contributed by atoms with van der Waals surface area (Å²) in [6.45, 7) is 3.52. The Bertz CT molecular complexity index is 1320. The second kappa shape index (κ2) is 9.79. The number of fused-ring (bicyclic) bond motifs is 1. The maximum absolute atomic E-state index is 12.5. The van der Waals surface area contributed by atoms with Gasteiger partial charge in [-0.25, -0.2) is 4.98 Å². The Hall–Kier alpha value is -3.13. The van der Waals surface area contributed by atoms with E-state index in [1.54, 1.807) is 25.1 Å². The summed E-state index contributed by atoms with van der Waals surface area (Å²) in [7, 11) is 0. The van der Waals surface area contributed by atoms with Crippen molar-refractivity contribution in [2.75, 3.05) is 5.32 Å². The largest absolute Gasteiger partial charge is 0.479 e. The van der Waals surface area contributed by atoms with Gasteiger partial charge in [-0.15, -0.1) is 0 Å². The highest BCUT2D eigenvalue weighted by atomic mass is 35.5. The Labute approximate surface area is 205 Å². The molecule has 168 valence electrons. The van der Waals surface area contributed by atoms with Gasteiger partial charge < -0.3 is 14.5 Å². The Morgan fingerprint density at radius 1 is 1.12 bits per heavy atom. The molecule has 0 aliphatic rings. The molecule has 0 saturated carbocycles. The molecule has 0 bridgehead atoms. The van der Waals surface area contributed by atoms with Gasteiger partial charge in [0.05, 0.1) is 5.02 Å². The van der Waals surface area contributed by atoms with Crippen LogP contribution in [0.3, 0.4) is 0 Å². The molecule has 33 heavy (non-hydrogen) atoms. The van der Waals surface area contributed by atoms with Crippen LogP contribution in [0.4, 0.5) is 5.69 Å². The smallest absolute Gasteiger partial charge is 0.266 e. The number of para-hydroxylation sites is 2. The Balaban J connectivity index is 1.44. The van der Waals surface area contributed by atoms with E-state index >= 15 is 0 Å². The van der Waals surface area contributed by atoms with E-state index in [2.05, 4.69) is 15.6 Å². The van der Waals surface area contributed by atoms with Crippen LogP contribution in [-0.4, -0.2) is 22.1 Å². The summed E-state index contributed by atoms with van der Waals surface area (Å²) in [5.74, 6) is 0.435. The van der Waals surface area contributed by atoms with Gasteiger partial charge in [-0.1, -0.05) is 41.4 Å².